The van der Waals surface area contributed by atoms with Crippen molar-refractivity contribution in [2.75, 3.05) is 6.54 Å². The van der Waals surface area contributed by atoms with Crippen molar-refractivity contribution in [3.63, 3.8) is 0 Å². The lowest BCUT2D eigenvalue weighted by atomic mass is 10.1. The summed E-state index contributed by atoms with van der Waals surface area (Å²) in [6.07, 6.45) is 7.21. The fourth-order valence-electron chi connectivity index (χ4n) is 2.66. The normalized spacial score (nSPS) is 13.8. The summed E-state index contributed by atoms with van der Waals surface area (Å²) < 4.78 is 1.69. The van der Waals surface area contributed by atoms with E-state index in [0.717, 1.165) is 36.9 Å². The Morgan fingerprint density at radius 1 is 1.35 bits per heavy atom. The molecule has 2 aromatic rings. The van der Waals surface area contributed by atoms with Crippen LogP contribution in [0.2, 0.25) is 0 Å². The fraction of sp³-hybridized carbons (Fsp3) is 0.389. The predicted octanol–water partition coefficient (Wildman–Crippen LogP) is 2.25. The van der Waals surface area contributed by atoms with Crippen LogP contribution in [0.4, 0.5) is 0 Å². The van der Waals surface area contributed by atoms with Gasteiger partial charge in [-0.05, 0) is 56.4 Å². The minimum atomic E-state index is -0.275. The molecule has 0 aromatic carbocycles. The third-order valence-corrected chi connectivity index (χ3v) is 4.12. The third-order valence-electron chi connectivity index (χ3n) is 4.12. The Balaban J connectivity index is 1.60. The van der Waals surface area contributed by atoms with E-state index in [1.807, 2.05) is 24.3 Å². The summed E-state index contributed by atoms with van der Waals surface area (Å²) >= 11 is 0. The van der Waals surface area contributed by atoms with Gasteiger partial charge >= 0.3 is 0 Å². The molecule has 0 atom stereocenters. The van der Waals surface area contributed by atoms with E-state index in [0.29, 0.717) is 6.54 Å². The maximum atomic E-state index is 12.5. The summed E-state index contributed by atoms with van der Waals surface area (Å²) in [5, 5.41) is 2.86. The summed E-state index contributed by atoms with van der Waals surface area (Å²) in [6.45, 7) is 2.34. The number of carbonyl (C=O) groups is 1. The van der Waals surface area contributed by atoms with Crippen LogP contribution in [-0.2, 0) is 6.42 Å². The van der Waals surface area contributed by atoms with Gasteiger partial charge in [0.15, 0.2) is 0 Å². The summed E-state index contributed by atoms with van der Waals surface area (Å²) in [6, 6.07) is 7.93. The summed E-state index contributed by atoms with van der Waals surface area (Å²) in [4.78, 5) is 29.1. The van der Waals surface area contributed by atoms with Crippen molar-refractivity contribution in [2.45, 2.75) is 38.6 Å². The molecular weight excluding hydrogens is 290 g/mol. The first-order valence-electron chi connectivity index (χ1n) is 8.06. The number of nitrogens with one attached hydrogen (secondary N) is 1. The zero-order valence-corrected chi connectivity index (χ0v) is 13.3. The molecule has 0 spiro atoms. The van der Waals surface area contributed by atoms with Crippen molar-refractivity contribution in [3.05, 3.63) is 63.8 Å². The molecule has 1 aliphatic rings. The SMILES string of the molecule is Cc1ccn(C2CC2)c(=O)c1C(=O)NCCCc1ccccn1. The lowest BCUT2D eigenvalue weighted by Gasteiger charge is -2.10. The van der Waals surface area contributed by atoms with E-state index in [9.17, 15) is 9.59 Å². The van der Waals surface area contributed by atoms with E-state index in [2.05, 4.69) is 10.3 Å². The zero-order chi connectivity index (χ0) is 16.2. The van der Waals surface area contributed by atoms with Crippen molar-refractivity contribution >= 4 is 5.91 Å². The van der Waals surface area contributed by atoms with E-state index >= 15 is 0 Å². The minimum Gasteiger partial charge on any atom is -0.352 e. The Morgan fingerprint density at radius 3 is 2.87 bits per heavy atom. The number of rotatable bonds is 6. The molecule has 0 saturated heterocycles. The molecule has 2 heterocycles. The van der Waals surface area contributed by atoms with Gasteiger partial charge in [0.1, 0.15) is 5.56 Å². The van der Waals surface area contributed by atoms with Crippen LogP contribution in [0.5, 0.6) is 0 Å². The molecule has 23 heavy (non-hydrogen) atoms. The van der Waals surface area contributed by atoms with E-state index in [1.165, 1.54) is 0 Å². The highest BCUT2D eigenvalue weighted by atomic mass is 16.2. The second-order valence-corrected chi connectivity index (χ2v) is 6.00. The molecule has 5 heteroatoms. The van der Waals surface area contributed by atoms with Crippen LogP contribution in [0, 0.1) is 6.92 Å². The summed E-state index contributed by atoms with van der Waals surface area (Å²) in [7, 11) is 0. The number of nitrogens with zero attached hydrogens (tertiary/aromatic N) is 2. The number of pyridine rings is 2. The van der Waals surface area contributed by atoms with Gasteiger partial charge in [-0.1, -0.05) is 6.07 Å². The van der Waals surface area contributed by atoms with Gasteiger partial charge < -0.3 is 9.88 Å². The van der Waals surface area contributed by atoms with E-state index in [-0.39, 0.29) is 23.1 Å². The molecule has 1 N–H and O–H groups in total. The molecule has 1 fully saturated rings. The van der Waals surface area contributed by atoms with Gasteiger partial charge in [0, 0.05) is 30.7 Å². The van der Waals surface area contributed by atoms with Crippen molar-refractivity contribution < 1.29 is 4.79 Å². The number of hydrogen-bond acceptors (Lipinski definition) is 3. The van der Waals surface area contributed by atoms with Crippen LogP contribution in [-0.4, -0.2) is 22.0 Å². The second-order valence-electron chi connectivity index (χ2n) is 6.00. The van der Waals surface area contributed by atoms with E-state index < -0.39 is 0 Å². The summed E-state index contributed by atoms with van der Waals surface area (Å²) in [5.74, 6) is -0.275. The predicted molar refractivity (Wildman–Crippen MR) is 88.6 cm³/mol. The number of aryl methyl sites for hydroxylation is 2. The molecule has 1 saturated carbocycles. The Bertz CT molecular complexity index is 749. The largest absolute Gasteiger partial charge is 0.352 e. The van der Waals surface area contributed by atoms with E-state index in [1.54, 1.807) is 23.9 Å². The molecule has 5 nitrogen and oxygen atoms in total. The van der Waals surface area contributed by atoms with Crippen LogP contribution in [0.25, 0.3) is 0 Å². The van der Waals surface area contributed by atoms with E-state index in [4.69, 9.17) is 0 Å². The molecule has 1 amide bonds. The molecule has 1 aliphatic carbocycles. The third kappa shape index (κ3) is 3.67. The first-order valence-corrected chi connectivity index (χ1v) is 8.06. The number of hydrogen-bond donors (Lipinski definition) is 1. The average Bonchev–Trinajstić information content (AvgIpc) is 3.37. The maximum absolute atomic E-state index is 12.5. The monoisotopic (exact) mass is 311 g/mol. The average molecular weight is 311 g/mol. The molecule has 0 unspecified atom stereocenters. The van der Waals surface area contributed by atoms with Crippen LogP contribution in [0.3, 0.4) is 0 Å². The maximum Gasteiger partial charge on any atom is 0.263 e. The van der Waals surface area contributed by atoms with Crippen LogP contribution in [0.1, 0.15) is 46.9 Å². The lowest BCUT2D eigenvalue weighted by Crippen LogP contribution is -2.34. The molecule has 120 valence electrons. The lowest BCUT2D eigenvalue weighted by molar-refractivity contribution is 0.0950. The highest BCUT2D eigenvalue weighted by Gasteiger charge is 2.26. The Labute approximate surface area is 135 Å². The molecule has 0 radical (unpaired) electrons. The highest BCUT2D eigenvalue weighted by molar-refractivity contribution is 5.95. The van der Waals surface area contributed by atoms with Gasteiger partial charge in [-0.2, -0.15) is 0 Å². The topological polar surface area (TPSA) is 64.0 Å². The first kappa shape index (κ1) is 15.5. The van der Waals surface area contributed by atoms with Crippen molar-refractivity contribution in [3.8, 4) is 0 Å². The van der Waals surface area contributed by atoms with Gasteiger partial charge in [0.05, 0.1) is 0 Å². The highest BCUT2D eigenvalue weighted by Crippen LogP contribution is 2.33. The van der Waals surface area contributed by atoms with Gasteiger partial charge in [0.2, 0.25) is 0 Å². The Hall–Kier alpha value is -2.43. The number of carbonyl (C=O) groups excluding carboxylic acids is 1. The van der Waals surface area contributed by atoms with Crippen molar-refractivity contribution in [1.82, 2.24) is 14.9 Å². The molecule has 0 aliphatic heterocycles. The van der Waals surface area contributed by atoms with Gasteiger partial charge in [-0.15, -0.1) is 0 Å². The smallest absolute Gasteiger partial charge is 0.263 e. The number of amides is 1. The second kappa shape index (κ2) is 6.77. The van der Waals surface area contributed by atoms with Crippen LogP contribution >= 0.6 is 0 Å². The Morgan fingerprint density at radius 2 is 2.17 bits per heavy atom. The molecule has 0 bridgehead atoms. The number of aromatic nitrogens is 2. The Kier molecular flexibility index (Phi) is 4.55. The van der Waals surface area contributed by atoms with Crippen molar-refractivity contribution in [2.24, 2.45) is 0 Å². The van der Waals surface area contributed by atoms with Gasteiger partial charge in [0.25, 0.3) is 11.5 Å². The minimum absolute atomic E-state index is 0.172. The van der Waals surface area contributed by atoms with Gasteiger partial charge in [-0.25, -0.2) is 0 Å². The summed E-state index contributed by atoms with van der Waals surface area (Å²) in [5.41, 5.74) is 1.84. The van der Waals surface area contributed by atoms with Crippen molar-refractivity contribution in [1.29, 1.82) is 0 Å². The molecule has 2 aromatic heterocycles. The first-order chi connectivity index (χ1) is 11.2. The van der Waals surface area contributed by atoms with Gasteiger partial charge in [-0.3, -0.25) is 14.6 Å². The van der Waals surface area contributed by atoms with Crippen LogP contribution < -0.4 is 10.9 Å². The fourth-order valence-corrected chi connectivity index (χ4v) is 2.66. The molecular formula is C18H21N3O2. The quantitative estimate of drug-likeness (QED) is 0.832. The molecule has 3 rings (SSSR count). The standard InChI is InChI=1S/C18H21N3O2/c1-13-9-12-21(15-7-8-15)18(23)16(13)17(22)20-11-4-6-14-5-2-3-10-19-14/h2-3,5,9-10,12,15H,4,6-8,11H2,1H3,(H,20,22). The van der Waals surface area contributed by atoms with Crippen LogP contribution in [0.15, 0.2) is 41.5 Å². The zero-order valence-electron chi connectivity index (χ0n) is 13.3.